The maximum Gasteiger partial charge on any atom is 0.235 e. The first kappa shape index (κ1) is 16.9. The molecule has 6 nitrogen and oxygen atoms in total. The summed E-state index contributed by atoms with van der Waals surface area (Å²) in [6.07, 6.45) is 1.61. The Labute approximate surface area is 164 Å². The van der Waals surface area contributed by atoms with Crippen molar-refractivity contribution in [1.82, 2.24) is 4.98 Å². The molecule has 1 aromatic heterocycles. The summed E-state index contributed by atoms with van der Waals surface area (Å²) < 4.78 is 5.65. The molecule has 0 atom stereocenters. The van der Waals surface area contributed by atoms with E-state index in [1.807, 2.05) is 30.3 Å². The molecule has 4 N–H and O–H groups in total. The summed E-state index contributed by atoms with van der Waals surface area (Å²) >= 11 is 0. The van der Waals surface area contributed by atoms with E-state index in [1.165, 1.54) is 6.07 Å². The number of hydrogen-bond donors (Lipinski definition) is 4. The van der Waals surface area contributed by atoms with Crippen LogP contribution in [0.25, 0.3) is 28.2 Å². The van der Waals surface area contributed by atoms with Crippen LogP contribution in [0.5, 0.6) is 23.0 Å². The van der Waals surface area contributed by atoms with Gasteiger partial charge in [0.2, 0.25) is 5.78 Å². The number of hydrogen-bond acceptors (Lipinski definition) is 5. The molecule has 0 aliphatic carbocycles. The number of aromatic amines is 1. The summed E-state index contributed by atoms with van der Waals surface area (Å²) in [6.45, 7) is 0. The number of H-pyrrole nitrogens is 1. The molecule has 142 valence electrons. The van der Waals surface area contributed by atoms with Crippen LogP contribution in [0, 0.1) is 0 Å². The van der Waals surface area contributed by atoms with Crippen molar-refractivity contribution in [2.45, 2.75) is 0 Å². The van der Waals surface area contributed by atoms with Crippen LogP contribution in [0.2, 0.25) is 0 Å². The Hall–Kier alpha value is -4.19. The molecule has 3 aromatic carbocycles. The van der Waals surface area contributed by atoms with Gasteiger partial charge in [-0.25, -0.2) is 0 Å². The number of nitrogens with one attached hydrogen (secondary N) is 1. The van der Waals surface area contributed by atoms with E-state index in [4.69, 9.17) is 4.74 Å². The Morgan fingerprint density at radius 2 is 1.72 bits per heavy atom. The molecule has 1 aliphatic rings. The van der Waals surface area contributed by atoms with Gasteiger partial charge in [-0.2, -0.15) is 0 Å². The van der Waals surface area contributed by atoms with Crippen LogP contribution in [0.3, 0.4) is 0 Å². The molecule has 4 aromatic rings. The van der Waals surface area contributed by atoms with Crippen LogP contribution in [-0.4, -0.2) is 26.1 Å². The molecule has 0 amide bonds. The Morgan fingerprint density at radius 3 is 2.55 bits per heavy atom. The number of aromatic nitrogens is 1. The second-order valence-corrected chi connectivity index (χ2v) is 6.79. The second kappa shape index (κ2) is 6.17. The van der Waals surface area contributed by atoms with Gasteiger partial charge in [-0.1, -0.05) is 30.3 Å². The number of carbonyl (C=O) groups excluding carboxylic acids is 1. The van der Waals surface area contributed by atoms with Crippen molar-refractivity contribution in [2.75, 3.05) is 0 Å². The summed E-state index contributed by atoms with van der Waals surface area (Å²) in [7, 11) is 0. The number of allylic oxidation sites excluding steroid dienone is 1. The standard InChI is InChI=1S/C23H15NO5/c25-13-5-3-4-12(8-13)22-16(15-6-1-2-7-17(15)24-22)11-20-23(28)21-18(27)9-14(26)10-19(21)29-20/h1-11,24-27H. The van der Waals surface area contributed by atoms with Crippen LogP contribution in [0.15, 0.2) is 66.4 Å². The normalized spacial score (nSPS) is 14.3. The van der Waals surface area contributed by atoms with E-state index < -0.39 is 5.78 Å². The van der Waals surface area contributed by atoms with Gasteiger partial charge < -0.3 is 25.0 Å². The smallest absolute Gasteiger partial charge is 0.235 e. The lowest BCUT2D eigenvalue weighted by Crippen LogP contribution is -1.98. The number of phenolic OH excluding ortho intramolecular Hbond substituents is 3. The van der Waals surface area contributed by atoms with Gasteiger partial charge >= 0.3 is 0 Å². The van der Waals surface area contributed by atoms with Gasteiger partial charge in [0.1, 0.15) is 28.6 Å². The largest absolute Gasteiger partial charge is 0.508 e. The number of phenols is 3. The molecule has 0 spiro atoms. The first-order valence-electron chi connectivity index (χ1n) is 8.91. The van der Waals surface area contributed by atoms with E-state index in [0.717, 1.165) is 22.5 Å². The summed E-state index contributed by atoms with van der Waals surface area (Å²) in [5, 5.41) is 30.5. The predicted octanol–water partition coefficient (Wildman–Crippen LogP) is 4.57. The molecule has 0 unspecified atom stereocenters. The Kier molecular flexibility index (Phi) is 3.61. The highest BCUT2D eigenvalue weighted by Gasteiger charge is 2.32. The zero-order valence-electron chi connectivity index (χ0n) is 15.0. The van der Waals surface area contributed by atoms with Gasteiger partial charge in [0.05, 0.1) is 5.69 Å². The van der Waals surface area contributed by atoms with Crippen molar-refractivity contribution in [2.24, 2.45) is 0 Å². The van der Waals surface area contributed by atoms with Crippen LogP contribution < -0.4 is 4.74 Å². The van der Waals surface area contributed by atoms with Gasteiger partial charge in [0, 0.05) is 34.2 Å². The third kappa shape index (κ3) is 2.70. The van der Waals surface area contributed by atoms with Crippen molar-refractivity contribution in [3.63, 3.8) is 0 Å². The molecule has 0 saturated carbocycles. The molecular weight excluding hydrogens is 370 g/mol. The minimum absolute atomic E-state index is 0.0211. The molecule has 0 saturated heterocycles. The zero-order chi connectivity index (χ0) is 20.1. The quantitative estimate of drug-likeness (QED) is 0.379. The highest BCUT2D eigenvalue weighted by Crippen LogP contribution is 2.42. The van der Waals surface area contributed by atoms with Gasteiger partial charge in [-0.15, -0.1) is 0 Å². The van der Waals surface area contributed by atoms with E-state index in [0.29, 0.717) is 11.3 Å². The van der Waals surface area contributed by atoms with E-state index >= 15 is 0 Å². The summed E-state index contributed by atoms with van der Waals surface area (Å²) in [4.78, 5) is 16.1. The lowest BCUT2D eigenvalue weighted by atomic mass is 10.0. The van der Waals surface area contributed by atoms with Crippen LogP contribution in [-0.2, 0) is 0 Å². The average molecular weight is 385 g/mol. The van der Waals surface area contributed by atoms with Crippen molar-refractivity contribution >= 4 is 22.8 Å². The molecule has 0 bridgehead atoms. The summed E-state index contributed by atoms with van der Waals surface area (Å²) in [5.74, 6) is -0.724. The Bertz CT molecular complexity index is 1330. The molecule has 6 heteroatoms. The molecular formula is C23H15NO5. The van der Waals surface area contributed by atoms with E-state index in [1.54, 1.807) is 24.3 Å². The number of rotatable bonds is 2. The van der Waals surface area contributed by atoms with Crippen molar-refractivity contribution in [1.29, 1.82) is 0 Å². The Balaban J connectivity index is 1.71. The third-order valence-electron chi connectivity index (χ3n) is 4.89. The fraction of sp³-hybridized carbons (Fsp3) is 0. The van der Waals surface area contributed by atoms with Gasteiger partial charge in [0.15, 0.2) is 5.76 Å². The number of benzene rings is 3. The highest BCUT2D eigenvalue weighted by molar-refractivity contribution is 6.17. The lowest BCUT2D eigenvalue weighted by molar-refractivity contribution is 0.101. The first-order chi connectivity index (χ1) is 14.0. The van der Waals surface area contributed by atoms with Crippen molar-refractivity contribution in [3.05, 3.63) is 77.5 Å². The maximum absolute atomic E-state index is 12.8. The van der Waals surface area contributed by atoms with Gasteiger partial charge in [0.25, 0.3) is 0 Å². The van der Waals surface area contributed by atoms with Crippen molar-refractivity contribution < 1.29 is 24.9 Å². The number of carbonyl (C=O) groups is 1. The van der Waals surface area contributed by atoms with Crippen molar-refractivity contribution in [3.8, 4) is 34.3 Å². The van der Waals surface area contributed by atoms with Crippen LogP contribution in [0.4, 0.5) is 0 Å². The fourth-order valence-electron chi connectivity index (χ4n) is 3.61. The zero-order valence-corrected chi connectivity index (χ0v) is 15.0. The average Bonchev–Trinajstić information content (AvgIpc) is 3.20. The highest BCUT2D eigenvalue weighted by atomic mass is 16.5. The van der Waals surface area contributed by atoms with Crippen LogP contribution >= 0.6 is 0 Å². The molecule has 29 heavy (non-hydrogen) atoms. The van der Waals surface area contributed by atoms with E-state index in [-0.39, 0.29) is 34.3 Å². The number of fused-ring (bicyclic) bond motifs is 2. The van der Waals surface area contributed by atoms with Gasteiger partial charge in [-0.3, -0.25) is 4.79 Å². The molecule has 1 aliphatic heterocycles. The number of aromatic hydroxyl groups is 3. The van der Waals surface area contributed by atoms with Gasteiger partial charge in [-0.05, 0) is 24.3 Å². The maximum atomic E-state index is 12.8. The van der Waals surface area contributed by atoms with E-state index in [2.05, 4.69) is 4.98 Å². The minimum Gasteiger partial charge on any atom is -0.508 e. The first-order valence-corrected chi connectivity index (χ1v) is 8.91. The molecule has 2 heterocycles. The summed E-state index contributed by atoms with van der Waals surface area (Å²) in [5.41, 5.74) is 3.06. The molecule has 5 rings (SSSR count). The summed E-state index contributed by atoms with van der Waals surface area (Å²) in [6, 6.07) is 16.8. The fourth-order valence-corrected chi connectivity index (χ4v) is 3.61. The number of ketones is 1. The molecule has 0 radical (unpaired) electrons. The number of Topliss-reactive ketones (excluding diaryl/α,β-unsaturated/α-hetero) is 1. The Morgan fingerprint density at radius 1 is 0.897 bits per heavy atom. The lowest BCUT2D eigenvalue weighted by Gasteiger charge is -2.04. The minimum atomic E-state index is -0.468. The molecule has 0 fully saturated rings. The third-order valence-corrected chi connectivity index (χ3v) is 4.89. The number of ether oxygens (including phenoxy) is 1. The predicted molar refractivity (Wildman–Crippen MR) is 108 cm³/mol. The van der Waals surface area contributed by atoms with E-state index in [9.17, 15) is 20.1 Å². The topological polar surface area (TPSA) is 103 Å². The SMILES string of the molecule is O=C1C(=Cc2c(-c3cccc(O)c3)[nH]c3ccccc23)Oc2cc(O)cc(O)c21. The second-order valence-electron chi connectivity index (χ2n) is 6.79. The number of para-hydroxylation sites is 1. The van der Waals surface area contributed by atoms with Crippen LogP contribution in [0.1, 0.15) is 15.9 Å². The monoisotopic (exact) mass is 385 g/mol.